The molecule has 32 heavy (non-hydrogen) atoms. The SMILES string of the molecule is CCn1c(SCC(=O)Nc2cc(Cl)cc(Cl)c2)nnc1C(C)NC(=O)c1ccccc1F. The van der Waals surface area contributed by atoms with Crippen molar-refractivity contribution in [3.63, 3.8) is 0 Å². The van der Waals surface area contributed by atoms with E-state index in [0.717, 1.165) is 0 Å². The smallest absolute Gasteiger partial charge is 0.254 e. The number of hydrogen-bond donors (Lipinski definition) is 2. The molecule has 0 bridgehead atoms. The highest BCUT2D eigenvalue weighted by Crippen LogP contribution is 2.24. The van der Waals surface area contributed by atoms with Gasteiger partial charge < -0.3 is 15.2 Å². The lowest BCUT2D eigenvalue weighted by Crippen LogP contribution is -2.29. The second kappa shape index (κ2) is 10.8. The number of aromatic nitrogens is 3. The van der Waals surface area contributed by atoms with Crippen LogP contribution in [0.15, 0.2) is 47.6 Å². The summed E-state index contributed by atoms with van der Waals surface area (Å²) in [6.45, 7) is 4.16. The van der Waals surface area contributed by atoms with E-state index in [1.165, 1.54) is 30.0 Å². The zero-order valence-electron chi connectivity index (χ0n) is 17.2. The number of anilines is 1. The molecule has 168 valence electrons. The van der Waals surface area contributed by atoms with Crippen LogP contribution in [0.5, 0.6) is 0 Å². The molecule has 3 aromatic rings. The van der Waals surface area contributed by atoms with Crippen molar-refractivity contribution in [2.75, 3.05) is 11.1 Å². The van der Waals surface area contributed by atoms with Crippen molar-refractivity contribution in [1.29, 1.82) is 0 Å². The zero-order valence-corrected chi connectivity index (χ0v) is 19.6. The van der Waals surface area contributed by atoms with E-state index < -0.39 is 17.8 Å². The quantitative estimate of drug-likeness (QED) is 0.430. The van der Waals surface area contributed by atoms with Crippen LogP contribution in [-0.4, -0.2) is 32.3 Å². The molecule has 0 spiro atoms. The van der Waals surface area contributed by atoms with Gasteiger partial charge in [0.25, 0.3) is 5.91 Å². The van der Waals surface area contributed by atoms with E-state index in [1.54, 1.807) is 35.8 Å². The van der Waals surface area contributed by atoms with Crippen molar-refractivity contribution in [2.45, 2.75) is 31.6 Å². The van der Waals surface area contributed by atoms with Gasteiger partial charge in [-0.25, -0.2) is 4.39 Å². The fourth-order valence-electron chi connectivity index (χ4n) is 2.96. The summed E-state index contributed by atoms with van der Waals surface area (Å²) in [6.07, 6.45) is 0. The Morgan fingerprint density at radius 1 is 1.16 bits per heavy atom. The third kappa shape index (κ3) is 5.99. The molecule has 3 rings (SSSR count). The predicted molar refractivity (Wildman–Crippen MR) is 124 cm³/mol. The molecular weight excluding hydrogens is 476 g/mol. The lowest BCUT2D eigenvalue weighted by Gasteiger charge is -2.15. The number of rotatable bonds is 8. The molecule has 2 N–H and O–H groups in total. The Kier molecular flexibility index (Phi) is 8.11. The van der Waals surface area contributed by atoms with Gasteiger partial charge in [0.1, 0.15) is 5.82 Å². The van der Waals surface area contributed by atoms with Crippen LogP contribution >= 0.6 is 35.0 Å². The topological polar surface area (TPSA) is 88.9 Å². The molecule has 0 fully saturated rings. The van der Waals surface area contributed by atoms with E-state index in [-0.39, 0.29) is 17.2 Å². The highest BCUT2D eigenvalue weighted by Gasteiger charge is 2.21. The van der Waals surface area contributed by atoms with Crippen LogP contribution in [0, 0.1) is 5.82 Å². The van der Waals surface area contributed by atoms with Gasteiger partial charge in [-0.1, -0.05) is 47.1 Å². The van der Waals surface area contributed by atoms with E-state index >= 15 is 0 Å². The first-order chi connectivity index (χ1) is 15.3. The number of nitrogens with one attached hydrogen (secondary N) is 2. The number of nitrogens with zero attached hydrogens (tertiary/aromatic N) is 3. The van der Waals surface area contributed by atoms with Gasteiger partial charge in [-0.3, -0.25) is 9.59 Å². The maximum Gasteiger partial charge on any atom is 0.254 e. The molecule has 2 aromatic carbocycles. The average molecular weight is 496 g/mol. The minimum Gasteiger partial charge on any atom is -0.342 e. The molecule has 7 nitrogen and oxygen atoms in total. The van der Waals surface area contributed by atoms with Crippen LogP contribution in [0.2, 0.25) is 10.0 Å². The first-order valence-corrected chi connectivity index (χ1v) is 11.4. The lowest BCUT2D eigenvalue weighted by atomic mass is 10.2. The molecule has 11 heteroatoms. The summed E-state index contributed by atoms with van der Waals surface area (Å²) in [5.41, 5.74) is 0.449. The average Bonchev–Trinajstić information content (AvgIpc) is 3.14. The van der Waals surface area contributed by atoms with Crippen LogP contribution in [-0.2, 0) is 11.3 Å². The maximum absolute atomic E-state index is 13.9. The predicted octanol–water partition coefficient (Wildman–Crippen LogP) is 4.97. The molecular formula is C21H20Cl2FN5O2S. The van der Waals surface area contributed by atoms with Crippen molar-refractivity contribution < 1.29 is 14.0 Å². The van der Waals surface area contributed by atoms with E-state index in [2.05, 4.69) is 20.8 Å². The Labute approximate surface area is 198 Å². The summed E-state index contributed by atoms with van der Waals surface area (Å²) < 4.78 is 15.7. The summed E-state index contributed by atoms with van der Waals surface area (Å²) in [5, 5.41) is 15.1. The number of carbonyl (C=O) groups excluding carboxylic acids is 2. The fourth-order valence-corrected chi connectivity index (χ4v) is 4.30. The first-order valence-electron chi connectivity index (χ1n) is 9.65. The monoisotopic (exact) mass is 495 g/mol. The Balaban J connectivity index is 1.64. The molecule has 0 aliphatic heterocycles. The molecule has 0 saturated carbocycles. The van der Waals surface area contributed by atoms with Crippen molar-refractivity contribution in [1.82, 2.24) is 20.1 Å². The molecule has 0 saturated heterocycles. The molecule has 0 aliphatic rings. The number of halogens is 3. The number of carbonyl (C=O) groups is 2. The van der Waals surface area contributed by atoms with Crippen LogP contribution in [0.4, 0.5) is 10.1 Å². The normalized spacial score (nSPS) is 11.8. The molecule has 1 atom stereocenters. The molecule has 1 heterocycles. The van der Waals surface area contributed by atoms with Gasteiger partial charge in [0, 0.05) is 22.3 Å². The Morgan fingerprint density at radius 2 is 1.84 bits per heavy atom. The van der Waals surface area contributed by atoms with Crippen molar-refractivity contribution in [2.24, 2.45) is 0 Å². The third-order valence-electron chi connectivity index (χ3n) is 4.39. The summed E-state index contributed by atoms with van der Waals surface area (Å²) >= 11 is 13.1. The van der Waals surface area contributed by atoms with Gasteiger partial charge in [-0.2, -0.15) is 0 Å². The largest absolute Gasteiger partial charge is 0.342 e. The second-order valence-electron chi connectivity index (χ2n) is 6.76. The van der Waals surface area contributed by atoms with Gasteiger partial charge >= 0.3 is 0 Å². The molecule has 0 aliphatic carbocycles. The second-order valence-corrected chi connectivity index (χ2v) is 8.57. The first kappa shape index (κ1) is 24.0. The maximum atomic E-state index is 13.9. The van der Waals surface area contributed by atoms with Crippen LogP contribution in [0.1, 0.15) is 36.1 Å². The summed E-state index contributed by atoms with van der Waals surface area (Å²) in [6, 6.07) is 10.0. The van der Waals surface area contributed by atoms with Gasteiger partial charge in [-0.05, 0) is 44.2 Å². The zero-order chi connectivity index (χ0) is 23.3. The highest BCUT2D eigenvalue weighted by molar-refractivity contribution is 7.99. The van der Waals surface area contributed by atoms with Gasteiger partial charge in [0.05, 0.1) is 17.4 Å². The van der Waals surface area contributed by atoms with Crippen molar-refractivity contribution >= 4 is 52.5 Å². The molecule has 1 aromatic heterocycles. The minimum absolute atomic E-state index is 0.0469. The van der Waals surface area contributed by atoms with E-state index in [1.807, 2.05) is 6.92 Å². The van der Waals surface area contributed by atoms with Crippen molar-refractivity contribution in [3.8, 4) is 0 Å². The summed E-state index contributed by atoms with van der Waals surface area (Å²) in [7, 11) is 0. The summed E-state index contributed by atoms with van der Waals surface area (Å²) in [5.74, 6) is -0.825. The molecule has 0 radical (unpaired) electrons. The Morgan fingerprint density at radius 3 is 2.50 bits per heavy atom. The standard InChI is InChI=1S/C21H20Cl2FN5O2S/c1-3-29-19(12(2)25-20(31)16-6-4-5-7-17(16)24)27-28-21(29)32-11-18(30)26-15-9-13(22)8-14(23)10-15/h4-10,12H,3,11H2,1-2H3,(H,25,31)(H,26,30). The summed E-state index contributed by atoms with van der Waals surface area (Å²) in [4.78, 5) is 24.7. The van der Waals surface area contributed by atoms with Gasteiger partial charge in [-0.15, -0.1) is 10.2 Å². The number of thioether (sulfide) groups is 1. The van der Waals surface area contributed by atoms with Crippen LogP contribution in [0.3, 0.4) is 0 Å². The van der Waals surface area contributed by atoms with Crippen molar-refractivity contribution in [3.05, 3.63) is 69.7 Å². The van der Waals surface area contributed by atoms with E-state index in [0.29, 0.717) is 33.3 Å². The molecule has 1 unspecified atom stereocenters. The van der Waals surface area contributed by atoms with Gasteiger partial charge in [0.15, 0.2) is 11.0 Å². The number of amides is 2. The number of benzene rings is 2. The Bertz CT molecular complexity index is 1120. The lowest BCUT2D eigenvalue weighted by molar-refractivity contribution is -0.113. The minimum atomic E-state index is -0.600. The Hall–Kier alpha value is -2.62. The third-order valence-corrected chi connectivity index (χ3v) is 5.80. The highest BCUT2D eigenvalue weighted by atomic mass is 35.5. The van der Waals surface area contributed by atoms with Crippen LogP contribution in [0.25, 0.3) is 0 Å². The van der Waals surface area contributed by atoms with Crippen LogP contribution < -0.4 is 10.6 Å². The van der Waals surface area contributed by atoms with Gasteiger partial charge in [0.2, 0.25) is 5.91 Å². The van der Waals surface area contributed by atoms with E-state index in [4.69, 9.17) is 23.2 Å². The molecule has 2 amide bonds. The fraction of sp³-hybridized carbons (Fsp3) is 0.238. The number of hydrogen-bond acceptors (Lipinski definition) is 5. The van der Waals surface area contributed by atoms with E-state index in [9.17, 15) is 14.0 Å².